The summed E-state index contributed by atoms with van der Waals surface area (Å²) in [4.78, 5) is 8.63. The highest BCUT2D eigenvalue weighted by atomic mass is 79.9. The highest BCUT2D eigenvalue weighted by Crippen LogP contribution is 2.31. The number of halogens is 2. The summed E-state index contributed by atoms with van der Waals surface area (Å²) in [5, 5.41) is 4.26. The van der Waals surface area contributed by atoms with Crippen LogP contribution in [0.15, 0.2) is 63.7 Å². The van der Waals surface area contributed by atoms with Crippen LogP contribution >= 0.6 is 28.3 Å². The molecule has 4 rings (SSSR count). The number of fused-ring (bicyclic) bond motifs is 3. The second-order valence-electron chi connectivity index (χ2n) is 4.63. The molecule has 2 heterocycles. The van der Waals surface area contributed by atoms with Crippen LogP contribution in [0.25, 0.3) is 22.1 Å². The summed E-state index contributed by atoms with van der Waals surface area (Å²) in [7, 11) is 0. The summed E-state index contributed by atoms with van der Waals surface area (Å²) in [6.07, 6.45) is 1.55. The van der Waals surface area contributed by atoms with Crippen LogP contribution in [0.1, 0.15) is 0 Å². The second-order valence-corrected chi connectivity index (χ2v) is 5.55. The molecule has 0 fully saturated rings. The van der Waals surface area contributed by atoms with Crippen molar-refractivity contribution in [3.63, 3.8) is 0 Å². The van der Waals surface area contributed by atoms with Gasteiger partial charge in [0.15, 0.2) is 11.4 Å². The van der Waals surface area contributed by atoms with Gasteiger partial charge in [-0.2, -0.15) is 0 Å². The number of aromatic nitrogens is 2. The smallest absolute Gasteiger partial charge is 0.196 e. The predicted octanol–water partition coefficient (Wildman–Crippen LogP) is 5.30. The molecule has 0 unspecified atom stereocenters. The molecule has 0 spiro atoms. The van der Waals surface area contributed by atoms with Gasteiger partial charge in [-0.05, 0) is 36.4 Å². The number of rotatable bonds is 2. The van der Waals surface area contributed by atoms with E-state index in [-0.39, 0.29) is 12.4 Å². The van der Waals surface area contributed by atoms with E-state index >= 15 is 0 Å². The van der Waals surface area contributed by atoms with Crippen molar-refractivity contribution < 1.29 is 4.42 Å². The van der Waals surface area contributed by atoms with Gasteiger partial charge in [0.2, 0.25) is 0 Å². The predicted molar refractivity (Wildman–Crippen MR) is 94.0 cm³/mol. The van der Waals surface area contributed by atoms with Crippen LogP contribution in [0.3, 0.4) is 0 Å². The van der Waals surface area contributed by atoms with Gasteiger partial charge in [0.25, 0.3) is 0 Å². The fourth-order valence-corrected chi connectivity index (χ4v) is 2.55. The van der Waals surface area contributed by atoms with Crippen molar-refractivity contribution in [3.05, 3.63) is 59.3 Å². The third kappa shape index (κ3) is 2.53. The molecule has 0 aliphatic rings. The van der Waals surface area contributed by atoms with Gasteiger partial charge in [-0.3, -0.25) is 0 Å². The lowest BCUT2D eigenvalue weighted by Gasteiger charge is -2.05. The highest BCUT2D eigenvalue weighted by Gasteiger charge is 2.12. The molecule has 110 valence electrons. The van der Waals surface area contributed by atoms with Crippen molar-refractivity contribution in [3.8, 4) is 0 Å². The SMILES string of the molecule is Brc1ccc(Nc2ncnc3c2oc2ccccc23)cc1.Cl. The molecule has 0 aliphatic heterocycles. The molecule has 0 bridgehead atoms. The molecule has 22 heavy (non-hydrogen) atoms. The van der Waals surface area contributed by atoms with Crippen LogP contribution in [0, 0.1) is 0 Å². The van der Waals surface area contributed by atoms with Crippen molar-refractivity contribution in [2.75, 3.05) is 5.32 Å². The van der Waals surface area contributed by atoms with Gasteiger partial charge >= 0.3 is 0 Å². The molecule has 1 N–H and O–H groups in total. The molecule has 0 saturated heterocycles. The average molecular weight is 377 g/mol. The van der Waals surface area contributed by atoms with E-state index < -0.39 is 0 Å². The molecule has 0 radical (unpaired) electrons. The first-order valence-electron chi connectivity index (χ1n) is 6.46. The van der Waals surface area contributed by atoms with Gasteiger partial charge in [0, 0.05) is 15.5 Å². The monoisotopic (exact) mass is 375 g/mol. The van der Waals surface area contributed by atoms with Crippen molar-refractivity contribution in [1.29, 1.82) is 0 Å². The number of hydrogen-bond donors (Lipinski definition) is 1. The minimum Gasteiger partial charge on any atom is -0.450 e. The number of benzene rings is 2. The number of nitrogens with zero attached hydrogens (tertiary/aromatic N) is 2. The summed E-state index contributed by atoms with van der Waals surface area (Å²) in [5.41, 5.74) is 3.24. The summed E-state index contributed by atoms with van der Waals surface area (Å²) >= 11 is 3.42. The summed E-state index contributed by atoms with van der Waals surface area (Å²) in [6.45, 7) is 0. The lowest BCUT2D eigenvalue weighted by molar-refractivity contribution is 0.667. The average Bonchev–Trinajstić information content (AvgIpc) is 2.89. The molecular weight excluding hydrogens is 366 g/mol. The number of nitrogens with one attached hydrogen (secondary N) is 1. The number of furan rings is 1. The number of para-hydroxylation sites is 1. The molecule has 2 aromatic heterocycles. The Morgan fingerprint density at radius 2 is 1.73 bits per heavy atom. The largest absolute Gasteiger partial charge is 0.450 e. The Morgan fingerprint density at radius 1 is 0.955 bits per heavy atom. The molecule has 4 nitrogen and oxygen atoms in total. The minimum atomic E-state index is 0. The Labute approximate surface area is 141 Å². The van der Waals surface area contributed by atoms with Gasteiger partial charge in [-0.15, -0.1) is 12.4 Å². The van der Waals surface area contributed by atoms with Gasteiger partial charge in [-0.25, -0.2) is 9.97 Å². The molecule has 0 atom stereocenters. The molecule has 4 aromatic rings. The van der Waals surface area contributed by atoms with E-state index in [1.54, 1.807) is 6.33 Å². The lowest BCUT2D eigenvalue weighted by Crippen LogP contribution is -1.94. The first kappa shape index (κ1) is 14.8. The quantitative estimate of drug-likeness (QED) is 0.515. The second kappa shape index (κ2) is 5.94. The minimum absolute atomic E-state index is 0. The lowest BCUT2D eigenvalue weighted by atomic mass is 10.2. The Bertz CT molecular complexity index is 937. The van der Waals surface area contributed by atoms with E-state index in [1.807, 2.05) is 48.5 Å². The zero-order valence-corrected chi connectivity index (χ0v) is 13.7. The Kier molecular flexibility index (Phi) is 4.00. The zero-order chi connectivity index (χ0) is 14.2. The normalized spacial score (nSPS) is 10.6. The van der Waals surface area contributed by atoms with Crippen molar-refractivity contribution in [2.45, 2.75) is 0 Å². The van der Waals surface area contributed by atoms with Crippen molar-refractivity contribution in [2.24, 2.45) is 0 Å². The number of anilines is 2. The van der Waals surface area contributed by atoms with Gasteiger partial charge in [0.05, 0.1) is 0 Å². The number of hydrogen-bond acceptors (Lipinski definition) is 4. The van der Waals surface area contributed by atoms with E-state index in [4.69, 9.17) is 4.42 Å². The Balaban J connectivity index is 0.00000144. The standard InChI is InChI=1S/C16H10BrN3O.ClH/c17-10-5-7-11(8-6-10)20-16-15-14(18-9-19-16)12-3-1-2-4-13(12)21-15;/h1-9H,(H,18,19,20);1H. The maximum absolute atomic E-state index is 5.88. The van der Waals surface area contributed by atoms with Gasteiger partial charge < -0.3 is 9.73 Å². The molecule has 2 aromatic carbocycles. The topological polar surface area (TPSA) is 51.0 Å². The van der Waals surface area contributed by atoms with E-state index in [9.17, 15) is 0 Å². The first-order chi connectivity index (χ1) is 10.3. The van der Waals surface area contributed by atoms with Crippen LogP contribution in [-0.2, 0) is 0 Å². The first-order valence-corrected chi connectivity index (χ1v) is 7.25. The van der Waals surface area contributed by atoms with Crippen LogP contribution in [0.2, 0.25) is 0 Å². The van der Waals surface area contributed by atoms with Crippen LogP contribution in [-0.4, -0.2) is 9.97 Å². The molecule has 0 amide bonds. The Morgan fingerprint density at radius 3 is 2.55 bits per heavy atom. The van der Waals surface area contributed by atoms with Crippen molar-refractivity contribution >= 4 is 61.9 Å². The van der Waals surface area contributed by atoms with Gasteiger partial charge in [0.1, 0.15) is 17.4 Å². The van der Waals surface area contributed by atoms with Crippen LogP contribution < -0.4 is 5.32 Å². The van der Waals surface area contributed by atoms with Crippen LogP contribution in [0.4, 0.5) is 11.5 Å². The maximum Gasteiger partial charge on any atom is 0.196 e. The molecule has 6 heteroatoms. The third-order valence-corrected chi connectivity index (χ3v) is 3.79. The van der Waals surface area contributed by atoms with E-state index in [0.717, 1.165) is 26.6 Å². The maximum atomic E-state index is 5.88. The highest BCUT2D eigenvalue weighted by molar-refractivity contribution is 9.10. The van der Waals surface area contributed by atoms with E-state index in [1.165, 1.54) is 0 Å². The van der Waals surface area contributed by atoms with E-state index in [0.29, 0.717) is 11.4 Å². The van der Waals surface area contributed by atoms with E-state index in [2.05, 4.69) is 31.2 Å². The molecular formula is C16H11BrClN3O. The zero-order valence-electron chi connectivity index (χ0n) is 11.3. The van der Waals surface area contributed by atoms with Crippen LogP contribution in [0.5, 0.6) is 0 Å². The Hall–Kier alpha value is -2.11. The molecule has 0 saturated carbocycles. The van der Waals surface area contributed by atoms with Gasteiger partial charge in [-0.1, -0.05) is 28.1 Å². The fraction of sp³-hybridized carbons (Fsp3) is 0. The summed E-state index contributed by atoms with van der Waals surface area (Å²) < 4.78 is 6.91. The molecule has 0 aliphatic carbocycles. The summed E-state index contributed by atoms with van der Waals surface area (Å²) in [6, 6.07) is 15.7. The third-order valence-electron chi connectivity index (χ3n) is 3.26. The van der Waals surface area contributed by atoms with Crippen molar-refractivity contribution in [1.82, 2.24) is 9.97 Å². The summed E-state index contributed by atoms with van der Waals surface area (Å²) in [5.74, 6) is 0.665. The fourth-order valence-electron chi connectivity index (χ4n) is 2.28.